The Balaban J connectivity index is 2.13. The van der Waals surface area contributed by atoms with Gasteiger partial charge >= 0.3 is 0 Å². The topological polar surface area (TPSA) is 60.2 Å². The molecule has 1 aromatic carbocycles. The minimum Gasteiger partial charge on any atom is -0.491 e. The number of ether oxygens (including phenoxy) is 1. The Labute approximate surface area is 112 Å². The van der Waals surface area contributed by atoms with Crippen molar-refractivity contribution < 1.29 is 4.74 Å². The quantitative estimate of drug-likeness (QED) is 0.638. The number of rotatable bonds is 5. The highest BCUT2D eigenvalue weighted by atomic mass is 16.5. The van der Waals surface area contributed by atoms with Crippen LogP contribution in [0.4, 0.5) is 5.69 Å². The lowest BCUT2D eigenvalue weighted by Gasteiger charge is -2.12. The molecule has 1 aromatic heterocycles. The predicted octanol–water partition coefficient (Wildman–Crippen LogP) is 3.19. The van der Waals surface area contributed by atoms with Crippen LogP contribution in [0.3, 0.4) is 0 Å². The van der Waals surface area contributed by atoms with Gasteiger partial charge in [0.25, 0.3) is 0 Å². The molecule has 1 heterocycles. The standard InChI is InChI=1S/C15H19N3O/c1-2-8-19-14-5-3-4-11-13(18-16)9-12(10-6-7-10)17-15(11)14/h3-5,9-10H,2,6-8,16H2,1H3,(H,17,18). The van der Waals surface area contributed by atoms with Gasteiger partial charge < -0.3 is 10.2 Å². The number of hydrogen-bond acceptors (Lipinski definition) is 4. The third kappa shape index (κ3) is 2.36. The van der Waals surface area contributed by atoms with Crippen LogP contribution in [-0.4, -0.2) is 11.6 Å². The first-order chi connectivity index (χ1) is 9.33. The molecule has 0 radical (unpaired) electrons. The first-order valence-corrected chi connectivity index (χ1v) is 6.86. The lowest BCUT2D eigenvalue weighted by Crippen LogP contribution is -2.08. The first kappa shape index (κ1) is 12.2. The molecule has 3 N–H and O–H groups in total. The van der Waals surface area contributed by atoms with Gasteiger partial charge in [-0.3, -0.25) is 5.84 Å². The minimum absolute atomic E-state index is 0.593. The molecule has 0 aliphatic heterocycles. The summed E-state index contributed by atoms with van der Waals surface area (Å²) in [7, 11) is 0. The summed E-state index contributed by atoms with van der Waals surface area (Å²) in [5.74, 6) is 7.08. The van der Waals surface area contributed by atoms with Gasteiger partial charge in [-0.1, -0.05) is 19.1 Å². The maximum atomic E-state index is 5.79. The molecule has 19 heavy (non-hydrogen) atoms. The number of fused-ring (bicyclic) bond motifs is 1. The summed E-state index contributed by atoms with van der Waals surface area (Å²) in [6.07, 6.45) is 3.43. The maximum Gasteiger partial charge on any atom is 0.145 e. The number of nitrogens with zero attached hydrogens (tertiary/aromatic N) is 1. The van der Waals surface area contributed by atoms with E-state index in [1.54, 1.807) is 0 Å². The number of aromatic nitrogens is 1. The summed E-state index contributed by atoms with van der Waals surface area (Å²) >= 11 is 0. The molecule has 1 aliphatic rings. The van der Waals surface area contributed by atoms with Gasteiger partial charge in [0.15, 0.2) is 0 Å². The van der Waals surface area contributed by atoms with Gasteiger partial charge in [0.1, 0.15) is 11.3 Å². The minimum atomic E-state index is 0.593. The Morgan fingerprint density at radius 2 is 2.26 bits per heavy atom. The lowest BCUT2D eigenvalue weighted by atomic mass is 10.1. The zero-order chi connectivity index (χ0) is 13.2. The van der Waals surface area contributed by atoms with Crippen molar-refractivity contribution in [3.63, 3.8) is 0 Å². The summed E-state index contributed by atoms with van der Waals surface area (Å²) in [5, 5.41) is 1.01. The van der Waals surface area contributed by atoms with Crippen molar-refractivity contribution in [2.24, 2.45) is 5.84 Å². The molecule has 0 bridgehead atoms. The van der Waals surface area contributed by atoms with Crippen LogP contribution in [0.1, 0.15) is 37.8 Å². The lowest BCUT2D eigenvalue weighted by molar-refractivity contribution is 0.320. The van der Waals surface area contributed by atoms with Crippen molar-refractivity contribution in [1.82, 2.24) is 4.98 Å². The van der Waals surface area contributed by atoms with E-state index in [-0.39, 0.29) is 0 Å². The molecule has 0 amide bonds. The second kappa shape index (κ2) is 5.05. The van der Waals surface area contributed by atoms with Crippen molar-refractivity contribution in [2.45, 2.75) is 32.1 Å². The molecular weight excluding hydrogens is 238 g/mol. The molecule has 2 aromatic rings. The van der Waals surface area contributed by atoms with Crippen molar-refractivity contribution in [3.8, 4) is 5.75 Å². The summed E-state index contributed by atoms with van der Waals surface area (Å²) in [6, 6.07) is 8.03. The zero-order valence-corrected chi connectivity index (χ0v) is 11.1. The van der Waals surface area contributed by atoms with Gasteiger partial charge in [0.2, 0.25) is 0 Å². The summed E-state index contributed by atoms with van der Waals surface area (Å²) in [5.41, 5.74) is 5.73. The molecular formula is C15H19N3O. The summed E-state index contributed by atoms with van der Waals surface area (Å²) < 4.78 is 5.79. The number of anilines is 1. The molecule has 4 nitrogen and oxygen atoms in total. The number of hydrogen-bond donors (Lipinski definition) is 2. The Morgan fingerprint density at radius 3 is 2.95 bits per heavy atom. The van der Waals surface area contributed by atoms with Crippen LogP contribution in [0.5, 0.6) is 5.75 Å². The fourth-order valence-electron chi connectivity index (χ4n) is 2.28. The van der Waals surface area contributed by atoms with Crippen LogP contribution in [0, 0.1) is 0 Å². The van der Waals surface area contributed by atoms with Crippen LogP contribution in [0.15, 0.2) is 24.3 Å². The van der Waals surface area contributed by atoms with E-state index in [4.69, 9.17) is 15.6 Å². The number of hydrazine groups is 1. The molecule has 4 heteroatoms. The predicted molar refractivity (Wildman–Crippen MR) is 77.3 cm³/mol. The molecule has 100 valence electrons. The summed E-state index contributed by atoms with van der Waals surface area (Å²) in [4.78, 5) is 4.78. The van der Waals surface area contributed by atoms with Crippen LogP contribution >= 0.6 is 0 Å². The van der Waals surface area contributed by atoms with E-state index in [0.29, 0.717) is 12.5 Å². The number of benzene rings is 1. The molecule has 0 atom stereocenters. The second-order valence-corrected chi connectivity index (χ2v) is 5.01. The number of para-hydroxylation sites is 1. The van der Waals surface area contributed by atoms with Crippen LogP contribution in [0.25, 0.3) is 10.9 Å². The second-order valence-electron chi connectivity index (χ2n) is 5.01. The van der Waals surface area contributed by atoms with E-state index in [9.17, 15) is 0 Å². The number of nitrogens with one attached hydrogen (secondary N) is 1. The fraction of sp³-hybridized carbons (Fsp3) is 0.400. The first-order valence-electron chi connectivity index (χ1n) is 6.86. The summed E-state index contributed by atoms with van der Waals surface area (Å²) in [6.45, 7) is 2.81. The largest absolute Gasteiger partial charge is 0.491 e. The average Bonchev–Trinajstić information content (AvgIpc) is 3.28. The molecule has 0 saturated heterocycles. The molecule has 1 aliphatic carbocycles. The van der Waals surface area contributed by atoms with Crippen molar-refractivity contribution in [1.29, 1.82) is 0 Å². The third-order valence-electron chi connectivity index (χ3n) is 3.44. The van der Waals surface area contributed by atoms with E-state index in [1.165, 1.54) is 12.8 Å². The van der Waals surface area contributed by atoms with Gasteiger partial charge in [-0.15, -0.1) is 0 Å². The molecule has 1 fully saturated rings. The maximum absolute atomic E-state index is 5.79. The van der Waals surface area contributed by atoms with Crippen molar-refractivity contribution in [3.05, 3.63) is 30.0 Å². The highest BCUT2D eigenvalue weighted by molar-refractivity contribution is 5.95. The van der Waals surface area contributed by atoms with Crippen LogP contribution in [-0.2, 0) is 0 Å². The van der Waals surface area contributed by atoms with Crippen molar-refractivity contribution >= 4 is 16.6 Å². The molecule has 3 rings (SSSR count). The highest BCUT2D eigenvalue weighted by Crippen LogP contribution is 2.42. The number of nitrogens with two attached hydrogens (primary N) is 1. The third-order valence-corrected chi connectivity index (χ3v) is 3.44. The molecule has 1 saturated carbocycles. The Bertz CT molecular complexity index is 593. The number of nitrogen functional groups attached to an aromatic ring is 1. The van der Waals surface area contributed by atoms with E-state index in [0.717, 1.165) is 34.5 Å². The highest BCUT2D eigenvalue weighted by Gasteiger charge is 2.26. The van der Waals surface area contributed by atoms with Crippen molar-refractivity contribution in [2.75, 3.05) is 12.0 Å². The van der Waals surface area contributed by atoms with E-state index in [2.05, 4.69) is 18.4 Å². The van der Waals surface area contributed by atoms with Gasteiger partial charge in [-0.25, -0.2) is 4.98 Å². The van der Waals surface area contributed by atoms with Gasteiger partial charge in [0, 0.05) is 17.0 Å². The normalized spacial score (nSPS) is 14.6. The van der Waals surface area contributed by atoms with E-state index >= 15 is 0 Å². The average molecular weight is 257 g/mol. The van der Waals surface area contributed by atoms with Gasteiger partial charge in [0.05, 0.1) is 12.3 Å². The van der Waals surface area contributed by atoms with E-state index in [1.807, 2.05) is 18.2 Å². The van der Waals surface area contributed by atoms with Gasteiger partial charge in [-0.05, 0) is 31.4 Å². The SMILES string of the molecule is CCCOc1cccc2c(NN)cc(C3CC3)nc12. The zero-order valence-electron chi connectivity index (χ0n) is 11.1. The van der Waals surface area contributed by atoms with Gasteiger partial charge in [-0.2, -0.15) is 0 Å². The molecule has 0 spiro atoms. The fourth-order valence-corrected chi connectivity index (χ4v) is 2.28. The Kier molecular flexibility index (Phi) is 3.25. The molecule has 0 unspecified atom stereocenters. The van der Waals surface area contributed by atoms with E-state index < -0.39 is 0 Å². The van der Waals surface area contributed by atoms with Crippen LogP contribution in [0.2, 0.25) is 0 Å². The number of pyridine rings is 1. The Morgan fingerprint density at radius 1 is 1.42 bits per heavy atom. The monoisotopic (exact) mass is 257 g/mol. The van der Waals surface area contributed by atoms with Crippen LogP contribution < -0.4 is 16.0 Å². The smallest absolute Gasteiger partial charge is 0.145 e. The Hall–Kier alpha value is -1.81.